The summed E-state index contributed by atoms with van der Waals surface area (Å²) in [6.45, 7) is 2.38. The lowest BCUT2D eigenvalue weighted by Crippen LogP contribution is -2.31. The monoisotopic (exact) mass is 351 g/mol. The summed E-state index contributed by atoms with van der Waals surface area (Å²) in [5, 5.41) is 13.9. The number of nitrogens with zero attached hydrogens (tertiary/aromatic N) is 2. The van der Waals surface area contributed by atoms with Gasteiger partial charge in [-0.1, -0.05) is 6.07 Å². The number of anilines is 2. The topological polar surface area (TPSA) is 92.6 Å². The highest BCUT2D eigenvalue weighted by molar-refractivity contribution is 6.07. The van der Waals surface area contributed by atoms with Crippen molar-refractivity contribution in [3.63, 3.8) is 0 Å². The highest BCUT2D eigenvalue weighted by Crippen LogP contribution is 2.38. The molecule has 26 heavy (non-hydrogen) atoms. The SMILES string of the molecule is Cc1ccc(C(=O)Nc2cc3c4c(c2)CC(=O)N4CCC3)cc1[N+](=O)[O-]. The Morgan fingerprint density at radius 1 is 1.23 bits per heavy atom. The summed E-state index contributed by atoms with van der Waals surface area (Å²) in [4.78, 5) is 37.0. The normalized spacial score (nSPS) is 15.0. The summed E-state index contributed by atoms with van der Waals surface area (Å²) >= 11 is 0. The number of nitro benzene ring substituents is 1. The molecule has 0 unspecified atom stereocenters. The molecule has 2 amide bonds. The molecule has 2 aromatic rings. The summed E-state index contributed by atoms with van der Waals surface area (Å²) < 4.78 is 0. The first-order valence-electron chi connectivity index (χ1n) is 8.46. The Hall–Kier alpha value is -3.22. The number of nitrogens with one attached hydrogen (secondary N) is 1. The molecule has 0 aromatic heterocycles. The predicted molar refractivity (Wildman–Crippen MR) is 96.6 cm³/mol. The summed E-state index contributed by atoms with van der Waals surface area (Å²) in [5.74, 6) is -0.309. The van der Waals surface area contributed by atoms with Crippen LogP contribution in [0.4, 0.5) is 17.1 Å². The third kappa shape index (κ3) is 2.61. The van der Waals surface area contributed by atoms with E-state index >= 15 is 0 Å². The molecule has 0 fully saturated rings. The maximum Gasteiger partial charge on any atom is 0.273 e. The third-order valence-electron chi connectivity index (χ3n) is 4.93. The minimum absolute atomic E-state index is 0.0806. The van der Waals surface area contributed by atoms with Crippen molar-refractivity contribution in [3.05, 3.63) is 62.7 Å². The van der Waals surface area contributed by atoms with E-state index in [-0.39, 0.29) is 17.2 Å². The van der Waals surface area contributed by atoms with Crippen molar-refractivity contribution < 1.29 is 14.5 Å². The lowest BCUT2D eigenvalue weighted by Gasteiger charge is -2.26. The number of amides is 2. The van der Waals surface area contributed by atoms with Crippen LogP contribution in [0.25, 0.3) is 0 Å². The fourth-order valence-electron chi connectivity index (χ4n) is 3.70. The zero-order valence-electron chi connectivity index (χ0n) is 14.2. The number of carbonyl (C=O) groups excluding carboxylic acids is 2. The van der Waals surface area contributed by atoms with Crippen molar-refractivity contribution in [2.24, 2.45) is 0 Å². The van der Waals surface area contributed by atoms with E-state index in [2.05, 4.69) is 5.32 Å². The van der Waals surface area contributed by atoms with Crippen molar-refractivity contribution in [1.29, 1.82) is 0 Å². The molecule has 2 aliphatic heterocycles. The number of carbonyl (C=O) groups is 2. The van der Waals surface area contributed by atoms with Crippen LogP contribution in [-0.4, -0.2) is 23.3 Å². The quantitative estimate of drug-likeness (QED) is 0.679. The molecule has 7 nitrogen and oxygen atoms in total. The molecule has 0 radical (unpaired) electrons. The molecule has 0 spiro atoms. The molecule has 132 valence electrons. The van der Waals surface area contributed by atoms with Gasteiger partial charge >= 0.3 is 0 Å². The predicted octanol–water partition coefficient (Wildman–Crippen LogP) is 2.99. The largest absolute Gasteiger partial charge is 0.322 e. The zero-order valence-corrected chi connectivity index (χ0v) is 14.2. The number of hydrogen-bond acceptors (Lipinski definition) is 4. The van der Waals surface area contributed by atoms with Crippen LogP contribution in [0.1, 0.15) is 33.5 Å². The Morgan fingerprint density at radius 2 is 2.00 bits per heavy atom. The molecule has 0 saturated heterocycles. The van der Waals surface area contributed by atoms with Crippen molar-refractivity contribution in [2.45, 2.75) is 26.2 Å². The maximum atomic E-state index is 12.5. The van der Waals surface area contributed by atoms with E-state index in [1.54, 1.807) is 19.1 Å². The van der Waals surface area contributed by atoms with Crippen LogP contribution < -0.4 is 10.2 Å². The molecule has 7 heteroatoms. The van der Waals surface area contributed by atoms with Gasteiger partial charge in [0.15, 0.2) is 0 Å². The fourth-order valence-corrected chi connectivity index (χ4v) is 3.70. The maximum absolute atomic E-state index is 12.5. The van der Waals surface area contributed by atoms with E-state index in [4.69, 9.17) is 0 Å². The van der Waals surface area contributed by atoms with Gasteiger partial charge in [-0.2, -0.15) is 0 Å². The van der Waals surface area contributed by atoms with E-state index in [9.17, 15) is 19.7 Å². The Kier molecular flexibility index (Phi) is 3.72. The molecule has 0 atom stereocenters. The second-order valence-electron chi connectivity index (χ2n) is 6.68. The number of rotatable bonds is 3. The third-order valence-corrected chi connectivity index (χ3v) is 4.93. The lowest BCUT2D eigenvalue weighted by atomic mass is 9.99. The van der Waals surface area contributed by atoms with Crippen LogP contribution >= 0.6 is 0 Å². The van der Waals surface area contributed by atoms with Crippen molar-refractivity contribution in [3.8, 4) is 0 Å². The van der Waals surface area contributed by atoms with Gasteiger partial charge in [0, 0.05) is 29.4 Å². The number of aryl methyl sites for hydroxylation is 2. The molecular formula is C19H17N3O4. The van der Waals surface area contributed by atoms with Crippen molar-refractivity contribution in [1.82, 2.24) is 0 Å². The molecule has 2 heterocycles. The lowest BCUT2D eigenvalue weighted by molar-refractivity contribution is -0.385. The van der Waals surface area contributed by atoms with Gasteiger partial charge in [-0.15, -0.1) is 0 Å². The van der Waals surface area contributed by atoms with E-state index < -0.39 is 10.8 Å². The van der Waals surface area contributed by atoms with Crippen LogP contribution in [-0.2, 0) is 17.6 Å². The molecule has 2 aromatic carbocycles. The molecule has 1 N–H and O–H groups in total. The molecule has 4 rings (SSSR count). The van der Waals surface area contributed by atoms with Gasteiger partial charge in [0.05, 0.1) is 17.0 Å². The molecular weight excluding hydrogens is 334 g/mol. The van der Waals surface area contributed by atoms with E-state index in [0.29, 0.717) is 17.7 Å². The van der Waals surface area contributed by atoms with E-state index in [1.165, 1.54) is 6.07 Å². The Labute approximate surface area is 149 Å². The standard InChI is InChI=1S/C19H17N3O4/c1-11-4-5-13(9-16(11)22(25)26)19(24)20-15-7-12-3-2-6-21-17(23)10-14(8-15)18(12)21/h4-5,7-9H,2-3,6,10H2,1H3,(H,20,24). The van der Waals surface area contributed by atoms with Crippen LogP contribution in [0.15, 0.2) is 30.3 Å². The minimum atomic E-state index is -0.494. The Bertz CT molecular complexity index is 967. The van der Waals surface area contributed by atoms with Gasteiger partial charge in [0.25, 0.3) is 11.6 Å². The number of benzene rings is 2. The molecule has 0 bridgehead atoms. The van der Waals surface area contributed by atoms with Crippen LogP contribution in [0.3, 0.4) is 0 Å². The second-order valence-corrected chi connectivity index (χ2v) is 6.68. The summed E-state index contributed by atoms with van der Waals surface area (Å²) in [7, 11) is 0. The first kappa shape index (κ1) is 16.3. The molecule has 0 saturated carbocycles. The highest BCUT2D eigenvalue weighted by Gasteiger charge is 2.32. The van der Waals surface area contributed by atoms with Crippen molar-refractivity contribution in [2.75, 3.05) is 16.8 Å². The molecule has 2 aliphatic rings. The average Bonchev–Trinajstić information content (AvgIpc) is 2.92. The van der Waals surface area contributed by atoms with Gasteiger partial charge in [-0.25, -0.2) is 0 Å². The first-order valence-corrected chi connectivity index (χ1v) is 8.46. The van der Waals surface area contributed by atoms with Gasteiger partial charge in [0.2, 0.25) is 5.91 Å². The minimum Gasteiger partial charge on any atom is -0.322 e. The average molecular weight is 351 g/mol. The van der Waals surface area contributed by atoms with Gasteiger partial charge in [-0.05, 0) is 49.1 Å². The van der Waals surface area contributed by atoms with Gasteiger partial charge in [0.1, 0.15) is 0 Å². The molecule has 0 aliphatic carbocycles. The Balaban J connectivity index is 1.64. The van der Waals surface area contributed by atoms with E-state index in [0.717, 1.165) is 36.2 Å². The van der Waals surface area contributed by atoms with Crippen LogP contribution in [0, 0.1) is 17.0 Å². The van der Waals surface area contributed by atoms with E-state index in [1.807, 2.05) is 17.0 Å². The fraction of sp³-hybridized carbons (Fsp3) is 0.263. The summed E-state index contributed by atoms with van der Waals surface area (Å²) in [5.41, 5.74) is 4.25. The summed E-state index contributed by atoms with van der Waals surface area (Å²) in [6, 6.07) is 8.14. The van der Waals surface area contributed by atoms with Gasteiger partial charge < -0.3 is 10.2 Å². The van der Waals surface area contributed by atoms with Crippen LogP contribution in [0.2, 0.25) is 0 Å². The summed E-state index contributed by atoms with van der Waals surface area (Å²) in [6.07, 6.45) is 2.12. The smallest absolute Gasteiger partial charge is 0.273 e. The van der Waals surface area contributed by atoms with Crippen LogP contribution in [0.5, 0.6) is 0 Å². The second kappa shape index (κ2) is 5.94. The number of nitro groups is 1. The van der Waals surface area contributed by atoms with Gasteiger partial charge in [-0.3, -0.25) is 19.7 Å². The first-order chi connectivity index (χ1) is 12.4. The highest BCUT2D eigenvalue weighted by atomic mass is 16.6. The number of hydrogen-bond donors (Lipinski definition) is 1. The zero-order chi connectivity index (χ0) is 18.4. The Morgan fingerprint density at radius 3 is 2.77 bits per heavy atom. The van der Waals surface area contributed by atoms with Crippen molar-refractivity contribution >= 4 is 28.9 Å².